The van der Waals surface area contributed by atoms with E-state index in [4.69, 9.17) is 22.1 Å². The van der Waals surface area contributed by atoms with Crippen molar-refractivity contribution in [3.8, 4) is 12.1 Å². The molecule has 0 radical (unpaired) electrons. The molecule has 4 heteroatoms. The first-order chi connectivity index (χ1) is 6.69. The molecule has 1 aromatic carbocycles. The van der Waals surface area contributed by atoms with Crippen molar-refractivity contribution in [1.29, 1.82) is 10.5 Å². The fraction of sp³-hybridized carbons (Fsp3) is 0.200. The number of halogens is 1. The first-order valence-electron chi connectivity index (χ1n) is 3.96. The predicted molar refractivity (Wildman–Crippen MR) is 54.9 cm³/mol. The zero-order chi connectivity index (χ0) is 10.6. The van der Waals surface area contributed by atoms with Crippen LogP contribution in [0, 0.1) is 22.7 Å². The summed E-state index contributed by atoms with van der Waals surface area (Å²) in [6, 6.07) is 10.0. The third-order valence-corrected chi connectivity index (χ3v) is 2.12. The van der Waals surface area contributed by atoms with Crippen LogP contribution in [0.25, 0.3) is 0 Å². The number of nitriles is 2. The fourth-order valence-corrected chi connectivity index (χ4v) is 1.15. The van der Waals surface area contributed by atoms with Gasteiger partial charge in [0.15, 0.2) is 0 Å². The number of hydrogen-bond acceptors (Lipinski definition) is 3. The molecular weight excluding hydrogens is 198 g/mol. The van der Waals surface area contributed by atoms with Gasteiger partial charge in [-0.2, -0.15) is 10.5 Å². The van der Waals surface area contributed by atoms with Gasteiger partial charge in [0.1, 0.15) is 12.1 Å². The third kappa shape index (κ3) is 2.16. The van der Waals surface area contributed by atoms with Gasteiger partial charge < -0.3 is 4.90 Å². The van der Waals surface area contributed by atoms with Crippen LogP contribution in [0.2, 0.25) is 5.02 Å². The van der Waals surface area contributed by atoms with E-state index in [1.165, 1.54) is 0 Å². The van der Waals surface area contributed by atoms with Gasteiger partial charge in [-0.05, 0) is 24.3 Å². The summed E-state index contributed by atoms with van der Waals surface area (Å²) < 4.78 is 0. The lowest BCUT2D eigenvalue weighted by Crippen LogP contribution is -2.28. The predicted octanol–water partition coefficient (Wildman–Crippen LogP) is 2.19. The second kappa shape index (κ2) is 4.50. The molecule has 0 aliphatic rings. The minimum atomic E-state index is -0.767. The van der Waals surface area contributed by atoms with Crippen molar-refractivity contribution in [3.05, 3.63) is 29.3 Å². The molecule has 0 aliphatic heterocycles. The summed E-state index contributed by atoms with van der Waals surface area (Å²) in [5.41, 5.74) is 0.794. The number of rotatable bonds is 2. The van der Waals surface area contributed by atoms with E-state index in [0.717, 1.165) is 5.69 Å². The van der Waals surface area contributed by atoms with Gasteiger partial charge in [0.05, 0.1) is 0 Å². The molecule has 0 saturated heterocycles. The van der Waals surface area contributed by atoms with E-state index < -0.39 is 6.04 Å². The Morgan fingerprint density at radius 2 is 1.71 bits per heavy atom. The molecule has 1 rings (SSSR count). The Bertz CT molecular complexity index is 371. The molecule has 0 aromatic heterocycles. The van der Waals surface area contributed by atoms with Crippen LogP contribution in [-0.4, -0.2) is 13.1 Å². The minimum Gasteiger partial charge on any atom is -0.347 e. The first-order valence-corrected chi connectivity index (χ1v) is 4.34. The lowest BCUT2D eigenvalue weighted by Gasteiger charge is -2.19. The van der Waals surface area contributed by atoms with Crippen LogP contribution < -0.4 is 4.90 Å². The molecule has 0 fully saturated rings. The topological polar surface area (TPSA) is 50.8 Å². The first kappa shape index (κ1) is 10.4. The molecular formula is C10H8ClN3. The number of anilines is 1. The van der Waals surface area contributed by atoms with Crippen molar-refractivity contribution in [2.24, 2.45) is 0 Å². The highest BCUT2D eigenvalue weighted by Crippen LogP contribution is 2.18. The van der Waals surface area contributed by atoms with Crippen LogP contribution in [-0.2, 0) is 0 Å². The molecule has 70 valence electrons. The summed E-state index contributed by atoms with van der Waals surface area (Å²) in [5, 5.41) is 18.0. The Morgan fingerprint density at radius 1 is 1.21 bits per heavy atom. The Labute approximate surface area is 87.7 Å². The molecule has 0 saturated carbocycles. The minimum absolute atomic E-state index is 0.632. The van der Waals surface area contributed by atoms with Gasteiger partial charge in [-0.3, -0.25) is 0 Å². The van der Waals surface area contributed by atoms with Crippen molar-refractivity contribution < 1.29 is 0 Å². The Balaban J connectivity index is 2.91. The van der Waals surface area contributed by atoms with Crippen molar-refractivity contribution in [3.63, 3.8) is 0 Å². The maximum Gasteiger partial charge on any atom is 0.204 e. The largest absolute Gasteiger partial charge is 0.347 e. The van der Waals surface area contributed by atoms with Crippen LogP contribution in [0.3, 0.4) is 0 Å². The van der Waals surface area contributed by atoms with Crippen LogP contribution in [0.5, 0.6) is 0 Å². The quantitative estimate of drug-likeness (QED) is 0.744. The Kier molecular flexibility index (Phi) is 3.34. The smallest absolute Gasteiger partial charge is 0.204 e. The van der Waals surface area contributed by atoms with Crippen LogP contribution >= 0.6 is 11.6 Å². The monoisotopic (exact) mass is 205 g/mol. The number of nitrogens with zero attached hydrogens (tertiary/aromatic N) is 3. The lowest BCUT2D eigenvalue weighted by molar-refractivity contribution is 0.915. The SMILES string of the molecule is CN(c1ccc(Cl)cc1)C(C#N)C#N. The van der Waals surface area contributed by atoms with E-state index in [0.29, 0.717) is 5.02 Å². The van der Waals surface area contributed by atoms with Crippen molar-refractivity contribution in [2.75, 3.05) is 11.9 Å². The van der Waals surface area contributed by atoms with Crippen molar-refractivity contribution in [2.45, 2.75) is 6.04 Å². The maximum atomic E-state index is 8.67. The highest BCUT2D eigenvalue weighted by molar-refractivity contribution is 6.30. The van der Waals surface area contributed by atoms with E-state index in [2.05, 4.69) is 0 Å². The summed E-state index contributed by atoms with van der Waals surface area (Å²) in [6.07, 6.45) is 0. The average Bonchev–Trinajstić information content (AvgIpc) is 2.20. The highest BCUT2D eigenvalue weighted by Gasteiger charge is 2.12. The van der Waals surface area contributed by atoms with Gasteiger partial charge in [0.2, 0.25) is 6.04 Å². The van der Waals surface area contributed by atoms with E-state index >= 15 is 0 Å². The van der Waals surface area contributed by atoms with Gasteiger partial charge in [0, 0.05) is 17.8 Å². The highest BCUT2D eigenvalue weighted by atomic mass is 35.5. The molecule has 0 unspecified atom stereocenters. The summed E-state index contributed by atoms with van der Waals surface area (Å²) in [6.45, 7) is 0. The molecule has 3 nitrogen and oxygen atoms in total. The molecule has 0 heterocycles. The van der Waals surface area contributed by atoms with E-state index in [9.17, 15) is 0 Å². The van der Waals surface area contributed by atoms with E-state index in [1.54, 1.807) is 36.2 Å². The van der Waals surface area contributed by atoms with Gasteiger partial charge in [-0.15, -0.1) is 0 Å². The molecule has 0 atom stereocenters. The summed E-state index contributed by atoms with van der Waals surface area (Å²) in [7, 11) is 1.69. The summed E-state index contributed by atoms with van der Waals surface area (Å²) in [5.74, 6) is 0. The molecule has 0 aliphatic carbocycles. The van der Waals surface area contributed by atoms with Crippen LogP contribution in [0.15, 0.2) is 24.3 Å². The van der Waals surface area contributed by atoms with Gasteiger partial charge >= 0.3 is 0 Å². The molecule has 1 aromatic rings. The maximum absolute atomic E-state index is 8.67. The molecule has 0 spiro atoms. The molecule has 0 N–H and O–H groups in total. The van der Waals surface area contributed by atoms with Gasteiger partial charge in [-0.25, -0.2) is 0 Å². The zero-order valence-electron chi connectivity index (χ0n) is 7.61. The summed E-state index contributed by atoms with van der Waals surface area (Å²) in [4.78, 5) is 1.59. The summed E-state index contributed by atoms with van der Waals surface area (Å²) >= 11 is 5.72. The lowest BCUT2D eigenvalue weighted by atomic mass is 10.2. The second-order valence-electron chi connectivity index (χ2n) is 2.75. The fourth-order valence-electron chi connectivity index (χ4n) is 1.03. The number of hydrogen-bond donors (Lipinski definition) is 0. The zero-order valence-corrected chi connectivity index (χ0v) is 8.36. The average molecular weight is 206 g/mol. The standard InChI is InChI=1S/C10H8ClN3/c1-14(10(6-12)7-13)9-4-2-8(11)3-5-9/h2-5,10H,1H3. The normalized spacial score (nSPS) is 9.21. The van der Waals surface area contributed by atoms with E-state index in [1.807, 2.05) is 12.1 Å². The Morgan fingerprint density at radius 3 is 2.14 bits per heavy atom. The van der Waals surface area contributed by atoms with Crippen LogP contribution in [0.4, 0.5) is 5.69 Å². The van der Waals surface area contributed by atoms with Gasteiger partial charge in [-0.1, -0.05) is 11.6 Å². The molecule has 0 amide bonds. The van der Waals surface area contributed by atoms with Gasteiger partial charge in [0.25, 0.3) is 0 Å². The van der Waals surface area contributed by atoms with Crippen LogP contribution in [0.1, 0.15) is 0 Å². The third-order valence-electron chi connectivity index (χ3n) is 1.87. The Hall–Kier alpha value is -1.71. The second-order valence-corrected chi connectivity index (χ2v) is 3.18. The number of benzene rings is 1. The van der Waals surface area contributed by atoms with Crippen molar-refractivity contribution in [1.82, 2.24) is 0 Å². The molecule has 0 bridgehead atoms. The van der Waals surface area contributed by atoms with E-state index in [-0.39, 0.29) is 0 Å². The van der Waals surface area contributed by atoms with Crippen molar-refractivity contribution >= 4 is 17.3 Å². The molecule has 14 heavy (non-hydrogen) atoms.